The molecule has 2 aromatic carbocycles. The standard InChI is InChI=1S/C23H18ClF2N5O2/c1-31-9-8-27-21(31)13-2-4-14(5-3-13)22(32)29-19-11-18(26)17(25)10-16(19)23(33)30-20-7-6-15(24)12-28-20/h2-7,10-12H,8-9H2,1H3,(H,29,32)(H,28,30,33). The molecule has 3 aromatic rings. The first-order valence-electron chi connectivity index (χ1n) is 9.91. The van der Waals surface area contributed by atoms with Crippen LogP contribution in [0.2, 0.25) is 5.02 Å². The molecular formula is C23H18ClF2N5O2. The van der Waals surface area contributed by atoms with Crippen LogP contribution in [0.25, 0.3) is 0 Å². The number of nitrogens with one attached hydrogen (secondary N) is 2. The van der Waals surface area contributed by atoms with Crippen molar-refractivity contribution in [1.82, 2.24) is 9.88 Å². The van der Waals surface area contributed by atoms with E-state index in [4.69, 9.17) is 11.6 Å². The van der Waals surface area contributed by atoms with Crippen molar-refractivity contribution in [1.29, 1.82) is 0 Å². The van der Waals surface area contributed by atoms with Gasteiger partial charge in [-0.1, -0.05) is 23.7 Å². The van der Waals surface area contributed by atoms with Crippen molar-refractivity contribution in [3.8, 4) is 0 Å². The highest BCUT2D eigenvalue weighted by molar-refractivity contribution is 6.30. The van der Waals surface area contributed by atoms with Crippen molar-refractivity contribution in [3.05, 3.63) is 88.1 Å². The summed E-state index contributed by atoms with van der Waals surface area (Å²) in [5.41, 5.74) is 0.678. The summed E-state index contributed by atoms with van der Waals surface area (Å²) in [6.07, 6.45) is 1.32. The molecule has 0 aliphatic carbocycles. The van der Waals surface area contributed by atoms with E-state index in [2.05, 4.69) is 20.6 Å². The zero-order valence-electron chi connectivity index (χ0n) is 17.4. The van der Waals surface area contributed by atoms with Gasteiger partial charge in [-0.2, -0.15) is 0 Å². The van der Waals surface area contributed by atoms with Crippen LogP contribution in [0.1, 0.15) is 26.3 Å². The third-order valence-corrected chi connectivity index (χ3v) is 5.21. The summed E-state index contributed by atoms with van der Waals surface area (Å²) in [5, 5.41) is 5.31. The minimum Gasteiger partial charge on any atom is -0.358 e. The van der Waals surface area contributed by atoms with Crippen LogP contribution in [0.4, 0.5) is 20.3 Å². The highest BCUT2D eigenvalue weighted by atomic mass is 35.5. The number of carbonyl (C=O) groups excluding carboxylic acids is 2. The zero-order chi connectivity index (χ0) is 23.5. The van der Waals surface area contributed by atoms with E-state index in [1.54, 1.807) is 24.3 Å². The molecule has 7 nitrogen and oxygen atoms in total. The molecule has 33 heavy (non-hydrogen) atoms. The Bertz CT molecular complexity index is 1250. The molecule has 0 saturated carbocycles. The number of likely N-dealkylation sites (N-methyl/N-ethyl adjacent to an activating group) is 1. The van der Waals surface area contributed by atoms with Crippen molar-refractivity contribution in [2.45, 2.75) is 0 Å². The summed E-state index contributed by atoms with van der Waals surface area (Å²) in [7, 11) is 1.93. The fraction of sp³-hybridized carbons (Fsp3) is 0.130. The predicted molar refractivity (Wildman–Crippen MR) is 122 cm³/mol. The number of hydrogen-bond acceptors (Lipinski definition) is 5. The normalized spacial score (nSPS) is 13.0. The van der Waals surface area contributed by atoms with Gasteiger partial charge in [-0.3, -0.25) is 14.6 Å². The van der Waals surface area contributed by atoms with E-state index in [9.17, 15) is 18.4 Å². The molecule has 2 N–H and O–H groups in total. The predicted octanol–water partition coefficient (Wildman–Crippen LogP) is 4.21. The Morgan fingerprint density at radius 3 is 2.36 bits per heavy atom. The molecule has 0 fully saturated rings. The highest BCUT2D eigenvalue weighted by Crippen LogP contribution is 2.23. The minimum atomic E-state index is -1.23. The number of rotatable bonds is 5. The quantitative estimate of drug-likeness (QED) is 0.586. The SMILES string of the molecule is CN1CCN=C1c1ccc(C(=O)Nc2cc(F)c(F)cc2C(=O)Nc2ccc(Cl)cn2)cc1. The van der Waals surface area contributed by atoms with Crippen LogP contribution in [0, 0.1) is 11.6 Å². The molecule has 2 amide bonds. The van der Waals surface area contributed by atoms with Gasteiger partial charge >= 0.3 is 0 Å². The zero-order valence-corrected chi connectivity index (χ0v) is 18.2. The van der Waals surface area contributed by atoms with Gasteiger partial charge in [-0.05, 0) is 30.3 Å². The van der Waals surface area contributed by atoms with E-state index < -0.39 is 23.4 Å². The molecule has 4 rings (SSSR count). The fourth-order valence-corrected chi connectivity index (χ4v) is 3.39. The Labute approximate surface area is 193 Å². The number of carbonyl (C=O) groups is 2. The van der Waals surface area contributed by atoms with Crippen LogP contribution in [0.5, 0.6) is 0 Å². The van der Waals surface area contributed by atoms with Gasteiger partial charge in [0.25, 0.3) is 11.8 Å². The first kappa shape index (κ1) is 22.3. The average Bonchev–Trinajstić information content (AvgIpc) is 3.23. The van der Waals surface area contributed by atoms with Gasteiger partial charge in [0.1, 0.15) is 11.7 Å². The first-order chi connectivity index (χ1) is 15.8. The Balaban J connectivity index is 1.55. The lowest BCUT2D eigenvalue weighted by atomic mass is 10.1. The Morgan fingerprint density at radius 2 is 1.73 bits per heavy atom. The smallest absolute Gasteiger partial charge is 0.259 e. The van der Waals surface area contributed by atoms with Gasteiger partial charge in [-0.15, -0.1) is 0 Å². The summed E-state index contributed by atoms with van der Waals surface area (Å²) in [6, 6.07) is 11.1. The number of hydrogen-bond donors (Lipinski definition) is 2. The lowest BCUT2D eigenvalue weighted by Gasteiger charge is -2.14. The number of nitrogens with zero attached hydrogens (tertiary/aromatic N) is 3. The van der Waals surface area contributed by atoms with E-state index >= 15 is 0 Å². The topological polar surface area (TPSA) is 86.7 Å². The summed E-state index contributed by atoms with van der Waals surface area (Å²) in [6.45, 7) is 1.53. The third kappa shape index (κ3) is 4.98. The van der Waals surface area contributed by atoms with Crippen molar-refractivity contribution in [3.63, 3.8) is 0 Å². The maximum Gasteiger partial charge on any atom is 0.259 e. The molecule has 0 bridgehead atoms. The second kappa shape index (κ2) is 9.33. The minimum absolute atomic E-state index is 0.154. The first-order valence-corrected chi connectivity index (χ1v) is 10.3. The second-order valence-corrected chi connectivity index (χ2v) is 7.72. The summed E-state index contributed by atoms with van der Waals surface area (Å²) in [4.78, 5) is 35.8. The number of anilines is 2. The van der Waals surface area contributed by atoms with Gasteiger partial charge in [0, 0.05) is 37.0 Å². The molecule has 1 aliphatic heterocycles. The number of amidine groups is 1. The summed E-state index contributed by atoms with van der Waals surface area (Å²) >= 11 is 5.78. The second-order valence-electron chi connectivity index (χ2n) is 7.29. The van der Waals surface area contributed by atoms with Crippen molar-refractivity contribution < 1.29 is 18.4 Å². The maximum atomic E-state index is 13.9. The molecule has 1 aromatic heterocycles. The van der Waals surface area contributed by atoms with E-state index in [0.717, 1.165) is 24.0 Å². The van der Waals surface area contributed by atoms with Gasteiger partial charge < -0.3 is 15.5 Å². The molecule has 0 atom stereocenters. The molecule has 0 radical (unpaired) electrons. The van der Waals surface area contributed by atoms with Gasteiger partial charge in [-0.25, -0.2) is 13.8 Å². The molecule has 0 spiro atoms. The maximum absolute atomic E-state index is 13.9. The van der Waals surface area contributed by atoms with Crippen molar-refractivity contribution >= 4 is 40.8 Å². The van der Waals surface area contributed by atoms with Gasteiger partial charge in [0.15, 0.2) is 11.6 Å². The highest BCUT2D eigenvalue weighted by Gasteiger charge is 2.20. The van der Waals surface area contributed by atoms with Crippen LogP contribution >= 0.6 is 11.6 Å². The van der Waals surface area contributed by atoms with Crippen LogP contribution in [0.15, 0.2) is 59.7 Å². The van der Waals surface area contributed by atoms with Crippen LogP contribution in [-0.4, -0.2) is 47.7 Å². The number of aliphatic imine (C=N–C) groups is 1. The van der Waals surface area contributed by atoms with E-state index in [1.165, 1.54) is 18.3 Å². The molecule has 1 aliphatic rings. The Morgan fingerprint density at radius 1 is 1.00 bits per heavy atom. The number of halogens is 3. The average molecular weight is 470 g/mol. The summed E-state index contributed by atoms with van der Waals surface area (Å²) < 4.78 is 27.8. The lowest BCUT2D eigenvalue weighted by molar-refractivity contribution is 0.102. The van der Waals surface area contributed by atoms with Crippen LogP contribution < -0.4 is 10.6 Å². The number of aromatic nitrogens is 1. The van der Waals surface area contributed by atoms with E-state index in [1.807, 2.05) is 11.9 Å². The fourth-order valence-electron chi connectivity index (χ4n) is 3.28. The summed E-state index contributed by atoms with van der Waals surface area (Å²) in [5.74, 6) is -2.82. The molecule has 0 unspecified atom stereocenters. The Hall–Kier alpha value is -3.85. The molecule has 2 heterocycles. The third-order valence-electron chi connectivity index (χ3n) is 4.99. The molecule has 0 saturated heterocycles. The monoisotopic (exact) mass is 469 g/mol. The number of amides is 2. The number of pyridine rings is 1. The molecule has 168 valence electrons. The van der Waals surface area contributed by atoms with Crippen molar-refractivity contribution in [2.75, 3.05) is 30.8 Å². The van der Waals surface area contributed by atoms with Crippen LogP contribution in [-0.2, 0) is 0 Å². The van der Waals surface area contributed by atoms with E-state index in [-0.39, 0.29) is 22.6 Å². The van der Waals surface area contributed by atoms with Crippen LogP contribution in [0.3, 0.4) is 0 Å². The molecular weight excluding hydrogens is 452 g/mol. The Kier molecular flexibility index (Phi) is 6.32. The van der Waals surface area contributed by atoms with Gasteiger partial charge in [0.2, 0.25) is 0 Å². The van der Waals surface area contributed by atoms with Crippen molar-refractivity contribution in [2.24, 2.45) is 4.99 Å². The lowest BCUT2D eigenvalue weighted by Crippen LogP contribution is -2.23. The van der Waals surface area contributed by atoms with Gasteiger partial charge in [0.05, 0.1) is 22.8 Å². The van der Waals surface area contributed by atoms with E-state index in [0.29, 0.717) is 17.6 Å². The largest absolute Gasteiger partial charge is 0.358 e. The number of benzene rings is 2. The molecule has 10 heteroatoms.